The smallest absolute Gasteiger partial charge is 0.228 e. The monoisotopic (exact) mass is 475 g/mol. The van der Waals surface area contributed by atoms with Crippen LogP contribution in [0.4, 0.5) is 17.3 Å². The van der Waals surface area contributed by atoms with Crippen LogP contribution in [0.1, 0.15) is 6.42 Å². The van der Waals surface area contributed by atoms with E-state index in [2.05, 4.69) is 31.2 Å². The molecule has 1 amide bonds. The predicted molar refractivity (Wildman–Crippen MR) is 137 cm³/mol. The molecule has 4 aromatic rings. The van der Waals surface area contributed by atoms with Gasteiger partial charge in [-0.25, -0.2) is 9.97 Å². The second-order valence-corrected chi connectivity index (χ2v) is 8.79. The molecule has 8 nitrogen and oxygen atoms in total. The number of rotatable bonds is 6. The lowest BCUT2D eigenvalue weighted by molar-refractivity contribution is -0.120. The molecule has 2 unspecified atom stereocenters. The van der Waals surface area contributed by atoms with Crippen LogP contribution in [0.2, 0.25) is 5.02 Å². The summed E-state index contributed by atoms with van der Waals surface area (Å²) < 4.78 is 0. The van der Waals surface area contributed by atoms with Gasteiger partial charge in [-0.2, -0.15) is 0 Å². The number of benzene rings is 2. The second kappa shape index (κ2) is 9.70. The topological polar surface area (TPSA) is 107 Å². The standard InChI is InChI=1S/C25H26ClN7O/c1-27-16-6-8-17(9-7-16)31-24(34)15-10-18(12-28-11-15)32-25-30-14-21(26)23(33-25)20-13-29-22-5-3-2-4-19(20)22/h2-9,13-15,18,27-29H,10-12H2,1H3,(H,31,34)(H,30,32,33). The Morgan fingerprint density at radius 3 is 2.71 bits per heavy atom. The average Bonchev–Trinajstić information content (AvgIpc) is 3.30. The lowest BCUT2D eigenvalue weighted by atomic mass is 9.95. The minimum absolute atomic E-state index is 0.00675. The van der Waals surface area contributed by atoms with Crippen molar-refractivity contribution in [3.8, 4) is 11.3 Å². The van der Waals surface area contributed by atoms with E-state index in [9.17, 15) is 4.79 Å². The van der Waals surface area contributed by atoms with Crippen LogP contribution in [-0.4, -0.2) is 47.0 Å². The van der Waals surface area contributed by atoms with Crippen LogP contribution in [0, 0.1) is 5.92 Å². The van der Waals surface area contributed by atoms with E-state index in [1.54, 1.807) is 6.20 Å². The molecule has 9 heteroatoms. The van der Waals surface area contributed by atoms with Gasteiger partial charge in [0.1, 0.15) is 0 Å². The highest BCUT2D eigenvalue weighted by Crippen LogP contribution is 2.32. The fraction of sp³-hybridized carbons (Fsp3) is 0.240. The molecule has 174 valence electrons. The Balaban J connectivity index is 1.28. The number of para-hydroxylation sites is 1. The number of nitrogens with zero attached hydrogens (tertiary/aromatic N) is 2. The van der Waals surface area contributed by atoms with E-state index < -0.39 is 0 Å². The maximum Gasteiger partial charge on any atom is 0.228 e. The number of piperidine rings is 1. The van der Waals surface area contributed by atoms with Gasteiger partial charge in [-0.3, -0.25) is 4.79 Å². The van der Waals surface area contributed by atoms with Crippen LogP contribution in [0.15, 0.2) is 60.9 Å². The maximum absolute atomic E-state index is 12.9. The largest absolute Gasteiger partial charge is 0.388 e. The van der Waals surface area contributed by atoms with Gasteiger partial charge in [-0.15, -0.1) is 0 Å². The van der Waals surface area contributed by atoms with Gasteiger partial charge in [0, 0.05) is 60.2 Å². The van der Waals surface area contributed by atoms with Gasteiger partial charge >= 0.3 is 0 Å². The number of hydrogen-bond acceptors (Lipinski definition) is 6. The van der Waals surface area contributed by atoms with E-state index in [-0.39, 0.29) is 17.9 Å². The number of aromatic nitrogens is 3. The molecule has 1 aliphatic rings. The molecule has 5 rings (SSSR count). The molecular formula is C25H26ClN7O. The van der Waals surface area contributed by atoms with Crippen LogP contribution in [0.3, 0.4) is 0 Å². The van der Waals surface area contributed by atoms with E-state index in [0.717, 1.165) is 34.4 Å². The van der Waals surface area contributed by atoms with E-state index in [4.69, 9.17) is 16.6 Å². The Morgan fingerprint density at radius 2 is 1.88 bits per heavy atom. The number of halogens is 1. The van der Waals surface area contributed by atoms with E-state index in [1.165, 1.54) is 0 Å². The van der Waals surface area contributed by atoms with Crippen LogP contribution in [0.5, 0.6) is 0 Å². The van der Waals surface area contributed by atoms with Crippen molar-refractivity contribution in [1.82, 2.24) is 20.3 Å². The Kier molecular flexibility index (Phi) is 6.33. The van der Waals surface area contributed by atoms with E-state index >= 15 is 0 Å². The SMILES string of the molecule is CNc1ccc(NC(=O)C2CNCC(Nc3ncc(Cl)c(-c4c[nH]c5ccccc45)n3)C2)cc1. The molecule has 2 aromatic heterocycles. The van der Waals surface area contributed by atoms with Crippen molar-refractivity contribution in [1.29, 1.82) is 0 Å². The van der Waals surface area contributed by atoms with Crippen molar-refractivity contribution in [2.24, 2.45) is 5.92 Å². The van der Waals surface area contributed by atoms with E-state index in [0.29, 0.717) is 29.6 Å². The van der Waals surface area contributed by atoms with Crippen molar-refractivity contribution in [2.75, 3.05) is 36.1 Å². The quantitative estimate of drug-likeness (QED) is 0.284. The zero-order chi connectivity index (χ0) is 23.5. The molecule has 1 saturated heterocycles. The molecule has 2 atom stereocenters. The number of amides is 1. The number of hydrogen-bond donors (Lipinski definition) is 5. The third-order valence-electron chi connectivity index (χ3n) is 6.08. The molecule has 1 aliphatic heterocycles. The predicted octanol–water partition coefficient (Wildman–Crippen LogP) is 4.35. The summed E-state index contributed by atoms with van der Waals surface area (Å²) in [6, 6.07) is 15.7. The third-order valence-corrected chi connectivity index (χ3v) is 6.36. The summed E-state index contributed by atoms with van der Waals surface area (Å²) in [5.41, 5.74) is 4.39. The van der Waals surface area contributed by atoms with Gasteiger partial charge in [-0.05, 0) is 36.8 Å². The first-order valence-electron chi connectivity index (χ1n) is 11.3. The number of H-pyrrole nitrogens is 1. The van der Waals surface area contributed by atoms with Gasteiger partial charge in [0.2, 0.25) is 11.9 Å². The van der Waals surface area contributed by atoms with Crippen molar-refractivity contribution in [3.63, 3.8) is 0 Å². The highest BCUT2D eigenvalue weighted by molar-refractivity contribution is 6.33. The molecule has 0 radical (unpaired) electrons. The number of anilines is 3. The Hall–Kier alpha value is -3.62. The van der Waals surface area contributed by atoms with Gasteiger partial charge in [0.25, 0.3) is 0 Å². The summed E-state index contributed by atoms with van der Waals surface area (Å²) in [7, 11) is 1.86. The molecule has 0 saturated carbocycles. The minimum Gasteiger partial charge on any atom is -0.388 e. The van der Waals surface area contributed by atoms with Crippen LogP contribution in [-0.2, 0) is 4.79 Å². The van der Waals surface area contributed by atoms with Crippen LogP contribution in [0.25, 0.3) is 22.2 Å². The normalized spacial score (nSPS) is 17.9. The average molecular weight is 476 g/mol. The van der Waals surface area contributed by atoms with Gasteiger partial charge < -0.3 is 26.3 Å². The molecule has 3 heterocycles. The number of carbonyl (C=O) groups is 1. The Morgan fingerprint density at radius 1 is 1.09 bits per heavy atom. The number of carbonyl (C=O) groups excluding carboxylic acids is 1. The Labute approximate surface area is 202 Å². The molecular weight excluding hydrogens is 450 g/mol. The summed E-state index contributed by atoms with van der Waals surface area (Å²) in [5, 5.41) is 14.3. The zero-order valence-electron chi connectivity index (χ0n) is 18.7. The summed E-state index contributed by atoms with van der Waals surface area (Å²) in [6.45, 7) is 1.34. The first-order valence-corrected chi connectivity index (χ1v) is 11.6. The van der Waals surface area contributed by atoms with E-state index in [1.807, 2.05) is 61.8 Å². The van der Waals surface area contributed by atoms with Crippen LogP contribution >= 0.6 is 11.6 Å². The highest BCUT2D eigenvalue weighted by atomic mass is 35.5. The lowest BCUT2D eigenvalue weighted by Gasteiger charge is -2.30. The fourth-order valence-electron chi connectivity index (χ4n) is 4.29. The number of aromatic amines is 1. The fourth-order valence-corrected chi connectivity index (χ4v) is 4.48. The summed E-state index contributed by atoms with van der Waals surface area (Å²) >= 11 is 6.46. The Bertz CT molecular complexity index is 1300. The number of nitrogens with one attached hydrogen (secondary N) is 5. The third kappa shape index (κ3) is 4.69. The molecule has 5 N–H and O–H groups in total. The molecule has 0 spiro atoms. The van der Waals surface area contributed by atoms with Gasteiger partial charge in [-0.1, -0.05) is 29.8 Å². The van der Waals surface area contributed by atoms with Crippen LogP contribution < -0.4 is 21.3 Å². The molecule has 2 aromatic carbocycles. The van der Waals surface area contributed by atoms with Crippen molar-refractivity contribution in [3.05, 3.63) is 65.9 Å². The minimum atomic E-state index is -0.171. The lowest BCUT2D eigenvalue weighted by Crippen LogP contribution is -2.47. The van der Waals surface area contributed by atoms with Crippen molar-refractivity contribution < 1.29 is 4.79 Å². The highest BCUT2D eigenvalue weighted by Gasteiger charge is 2.28. The van der Waals surface area contributed by atoms with Crippen molar-refractivity contribution >= 4 is 45.7 Å². The second-order valence-electron chi connectivity index (χ2n) is 8.39. The zero-order valence-corrected chi connectivity index (χ0v) is 19.5. The summed E-state index contributed by atoms with van der Waals surface area (Å²) in [4.78, 5) is 25.2. The first kappa shape index (κ1) is 22.2. The molecule has 0 bridgehead atoms. The maximum atomic E-state index is 12.9. The molecule has 34 heavy (non-hydrogen) atoms. The number of fused-ring (bicyclic) bond motifs is 1. The summed E-state index contributed by atoms with van der Waals surface area (Å²) in [5.74, 6) is 0.309. The first-order chi connectivity index (χ1) is 16.6. The van der Waals surface area contributed by atoms with Gasteiger partial charge in [0.15, 0.2) is 0 Å². The molecule has 0 aliphatic carbocycles. The van der Waals surface area contributed by atoms with Gasteiger partial charge in [0.05, 0.1) is 22.8 Å². The molecule has 1 fully saturated rings. The summed E-state index contributed by atoms with van der Waals surface area (Å²) in [6.07, 6.45) is 4.19. The van der Waals surface area contributed by atoms with Crippen molar-refractivity contribution in [2.45, 2.75) is 12.5 Å².